The number of aryl methyl sites for hydroxylation is 1. The molecule has 1 aromatic heterocycles. The Bertz CT molecular complexity index is 850. The standard InChI is InChI=1S/C19H23N5O2S/c25-18(12-15-19(26)21-13-6-3-4-7-14(13)27-15)20-10-9-17-23-22-16-8-2-1-5-11-24(16)17/h3-4,6-7,15H,1-2,5,8-12H2,(H,20,25)(H,21,26). The van der Waals surface area contributed by atoms with E-state index in [1.165, 1.54) is 24.6 Å². The van der Waals surface area contributed by atoms with Crippen LogP contribution in [0.3, 0.4) is 0 Å². The van der Waals surface area contributed by atoms with Crippen LogP contribution >= 0.6 is 11.8 Å². The summed E-state index contributed by atoms with van der Waals surface area (Å²) in [6.45, 7) is 1.47. The highest BCUT2D eigenvalue weighted by molar-refractivity contribution is 8.01. The quantitative estimate of drug-likeness (QED) is 0.823. The summed E-state index contributed by atoms with van der Waals surface area (Å²) in [6, 6.07) is 7.65. The summed E-state index contributed by atoms with van der Waals surface area (Å²) < 4.78 is 2.19. The van der Waals surface area contributed by atoms with Crippen molar-refractivity contribution < 1.29 is 9.59 Å². The lowest BCUT2D eigenvalue weighted by molar-refractivity contribution is -0.124. The van der Waals surface area contributed by atoms with E-state index in [0.717, 1.165) is 41.6 Å². The number of hydrogen-bond donors (Lipinski definition) is 2. The van der Waals surface area contributed by atoms with Crippen molar-refractivity contribution in [2.24, 2.45) is 0 Å². The number of benzene rings is 1. The molecule has 8 heteroatoms. The van der Waals surface area contributed by atoms with E-state index in [9.17, 15) is 9.59 Å². The van der Waals surface area contributed by atoms with Gasteiger partial charge in [-0.25, -0.2) is 0 Å². The summed E-state index contributed by atoms with van der Waals surface area (Å²) in [4.78, 5) is 25.5. The van der Waals surface area contributed by atoms with Gasteiger partial charge >= 0.3 is 0 Å². The fraction of sp³-hybridized carbons (Fsp3) is 0.474. The molecule has 4 rings (SSSR count). The number of carbonyl (C=O) groups is 2. The number of rotatable bonds is 5. The number of anilines is 1. The van der Waals surface area contributed by atoms with Gasteiger partial charge in [0.25, 0.3) is 0 Å². The van der Waals surface area contributed by atoms with Gasteiger partial charge in [-0.3, -0.25) is 9.59 Å². The molecule has 1 unspecified atom stereocenters. The molecule has 0 saturated heterocycles. The molecular weight excluding hydrogens is 362 g/mol. The highest BCUT2D eigenvalue weighted by atomic mass is 32.2. The number of amides is 2. The zero-order chi connectivity index (χ0) is 18.6. The minimum absolute atomic E-state index is 0.113. The number of carbonyl (C=O) groups excluding carboxylic acids is 2. The third kappa shape index (κ3) is 4.16. The van der Waals surface area contributed by atoms with Gasteiger partial charge in [0.1, 0.15) is 11.6 Å². The van der Waals surface area contributed by atoms with Gasteiger partial charge in [0.2, 0.25) is 11.8 Å². The minimum atomic E-state index is -0.399. The maximum absolute atomic E-state index is 12.3. The first kappa shape index (κ1) is 18.0. The molecule has 0 spiro atoms. The summed E-state index contributed by atoms with van der Waals surface area (Å²) in [5.74, 6) is 1.77. The van der Waals surface area contributed by atoms with Gasteiger partial charge in [-0.05, 0) is 25.0 Å². The Balaban J connectivity index is 1.28. The van der Waals surface area contributed by atoms with E-state index < -0.39 is 5.25 Å². The average Bonchev–Trinajstić information content (AvgIpc) is 2.89. The number of aromatic nitrogens is 3. The minimum Gasteiger partial charge on any atom is -0.356 e. The van der Waals surface area contributed by atoms with Gasteiger partial charge in [-0.15, -0.1) is 22.0 Å². The Morgan fingerprint density at radius 3 is 3.07 bits per heavy atom. The second-order valence-electron chi connectivity index (χ2n) is 6.89. The summed E-state index contributed by atoms with van der Waals surface area (Å²) >= 11 is 1.45. The number of para-hydroxylation sites is 1. The summed E-state index contributed by atoms with van der Waals surface area (Å²) in [5.41, 5.74) is 0.816. The lowest BCUT2D eigenvalue weighted by Crippen LogP contribution is -2.35. The molecule has 2 aliphatic rings. The zero-order valence-electron chi connectivity index (χ0n) is 15.1. The van der Waals surface area contributed by atoms with Gasteiger partial charge in [0.05, 0.1) is 10.9 Å². The van der Waals surface area contributed by atoms with E-state index in [0.29, 0.717) is 13.0 Å². The van der Waals surface area contributed by atoms with Gasteiger partial charge in [-0.2, -0.15) is 0 Å². The van der Waals surface area contributed by atoms with Crippen molar-refractivity contribution in [2.45, 2.75) is 55.2 Å². The lowest BCUT2D eigenvalue weighted by atomic mass is 10.2. The van der Waals surface area contributed by atoms with Crippen LogP contribution in [0.5, 0.6) is 0 Å². The van der Waals surface area contributed by atoms with E-state index in [1.54, 1.807) is 0 Å². The van der Waals surface area contributed by atoms with E-state index in [1.807, 2.05) is 24.3 Å². The van der Waals surface area contributed by atoms with Crippen molar-refractivity contribution in [3.63, 3.8) is 0 Å². The van der Waals surface area contributed by atoms with E-state index in [2.05, 4.69) is 25.4 Å². The van der Waals surface area contributed by atoms with Crippen molar-refractivity contribution in [3.05, 3.63) is 35.9 Å². The molecule has 0 fully saturated rings. The molecule has 0 bridgehead atoms. The van der Waals surface area contributed by atoms with E-state index in [4.69, 9.17) is 0 Å². The molecule has 142 valence electrons. The molecule has 2 aliphatic heterocycles. The topological polar surface area (TPSA) is 88.9 Å². The Morgan fingerprint density at radius 1 is 1.26 bits per heavy atom. The van der Waals surface area contributed by atoms with Crippen LogP contribution in [0.1, 0.15) is 37.3 Å². The number of nitrogens with one attached hydrogen (secondary N) is 2. The monoisotopic (exact) mass is 385 g/mol. The van der Waals surface area contributed by atoms with Crippen molar-refractivity contribution >= 4 is 29.3 Å². The SMILES string of the molecule is O=C(CC1Sc2ccccc2NC1=O)NCCc1nnc2n1CCCCC2. The van der Waals surface area contributed by atoms with E-state index >= 15 is 0 Å². The fourth-order valence-corrected chi connectivity index (χ4v) is 4.62. The molecule has 0 radical (unpaired) electrons. The third-order valence-corrected chi connectivity index (χ3v) is 6.21. The highest BCUT2D eigenvalue weighted by Crippen LogP contribution is 2.36. The Kier molecular flexibility index (Phi) is 5.42. The molecule has 7 nitrogen and oxygen atoms in total. The van der Waals surface area contributed by atoms with Crippen LogP contribution in [0, 0.1) is 0 Å². The number of hydrogen-bond acceptors (Lipinski definition) is 5. The van der Waals surface area contributed by atoms with Crippen molar-refractivity contribution in [1.82, 2.24) is 20.1 Å². The normalized spacial score (nSPS) is 18.8. The Hall–Kier alpha value is -2.35. The molecule has 3 heterocycles. The summed E-state index contributed by atoms with van der Waals surface area (Å²) in [7, 11) is 0. The van der Waals surface area contributed by atoms with Crippen LogP contribution in [0.15, 0.2) is 29.2 Å². The maximum Gasteiger partial charge on any atom is 0.238 e. The second-order valence-corrected chi connectivity index (χ2v) is 8.14. The van der Waals surface area contributed by atoms with Gasteiger partial charge in [0.15, 0.2) is 0 Å². The number of fused-ring (bicyclic) bond motifs is 2. The van der Waals surface area contributed by atoms with Crippen LogP contribution in [0.25, 0.3) is 0 Å². The Morgan fingerprint density at radius 2 is 2.15 bits per heavy atom. The maximum atomic E-state index is 12.3. The average molecular weight is 385 g/mol. The van der Waals surface area contributed by atoms with Gasteiger partial charge in [-0.1, -0.05) is 18.6 Å². The predicted octanol–water partition coefficient (Wildman–Crippen LogP) is 2.17. The summed E-state index contributed by atoms with van der Waals surface area (Å²) in [6.07, 6.45) is 5.35. The number of thioether (sulfide) groups is 1. The first-order chi connectivity index (χ1) is 13.2. The van der Waals surface area contributed by atoms with Gasteiger partial charge < -0.3 is 15.2 Å². The van der Waals surface area contributed by atoms with Crippen molar-refractivity contribution in [1.29, 1.82) is 0 Å². The Labute approximate surface area is 162 Å². The second kappa shape index (κ2) is 8.12. The summed E-state index contributed by atoms with van der Waals surface area (Å²) in [5, 5.41) is 14.0. The van der Waals surface area contributed by atoms with E-state index in [-0.39, 0.29) is 18.2 Å². The van der Waals surface area contributed by atoms with Crippen LogP contribution in [0.2, 0.25) is 0 Å². The fourth-order valence-electron chi connectivity index (χ4n) is 3.51. The zero-order valence-corrected chi connectivity index (χ0v) is 15.9. The van der Waals surface area contributed by atoms with Crippen LogP contribution in [-0.2, 0) is 29.0 Å². The molecule has 27 heavy (non-hydrogen) atoms. The molecule has 1 atom stereocenters. The molecule has 2 N–H and O–H groups in total. The smallest absolute Gasteiger partial charge is 0.238 e. The molecule has 0 saturated carbocycles. The first-order valence-corrected chi connectivity index (χ1v) is 10.3. The molecule has 0 aliphatic carbocycles. The van der Waals surface area contributed by atoms with Crippen molar-refractivity contribution in [3.8, 4) is 0 Å². The molecule has 2 amide bonds. The molecule has 2 aromatic rings. The van der Waals surface area contributed by atoms with Gasteiger partial charge in [0, 0.05) is 37.2 Å². The lowest BCUT2D eigenvalue weighted by Gasteiger charge is -2.23. The van der Waals surface area contributed by atoms with Crippen LogP contribution < -0.4 is 10.6 Å². The largest absolute Gasteiger partial charge is 0.356 e. The predicted molar refractivity (Wildman–Crippen MR) is 104 cm³/mol. The first-order valence-electron chi connectivity index (χ1n) is 9.45. The third-order valence-electron chi connectivity index (χ3n) is 4.93. The molecule has 1 aromatic carbocycles. The molecular formula is C19H23N5O2S. The number of nitrogens with zero attached hydrogens (tertiary/aromatic N) is 3. The highest BCUT2D eigenvalue weighted by Gasteiger charge is 2.28. The van der Waals surface area contributed by atoms with Crippen molar-refractivity contribution in [2.75, 3.05) is 11.9 Å². The van der Waals surface area contributed by atoms with Crippen LogP contribution in [0.4, 0.5) is 5.69 Å². The van der Waals surface area contributed by atoms with Crippen LogP contribution in [-0.4, -0.2) is 38.4 Å².